The van der Waals surface area contributed by atoms with Gasteiger partial charge < -0.3 is 13.9 Å². The van der Waals surface area contributed by atoms with Crippen molar-refractivity contribution < 1.29 is 14.1 Å². The number of carbonyl (C=O) groups excluding carboxylic acids is 1. The Morgan fingerprint density at radius 3 is 1.97 bits per heavy atom. The van der Waals surface area contributed by atoms with Crippen molar-refractivity contribution in [1.82, 2.24) is 4.57 Å². The van der Waals surface area contributed by atoms with Crippen molar-refractivity contribution in [1.29, 1.82) is 0 Å². The van der Waals surface area contributed by atoms with Gasteiger partial charge in [0.2, 0.25) is 0 Å². The molecule has 0 saturated carbocycles. The molecule has 5 heteroatoms. The van der Waals surface area contributed by atoms with Crippen molar-refractivity contribution in [3.8, 4) is 0 Å². The van der Waals surface area contributed by atoms with Gasteiger partial charge in [0.15, 0.2) is 7.14 Å². The molecule has 1 aliphatic heterocycles. The van der Waals surface area contributed by atoms with E-state index in [4.69, 9.17) is 4.74 Å². The van der Waals surface area contributed by atoms with Crippen LogP contribution in [-0.4, -0.2) is 16.1 Å². The molecule has 0 fully saturated rings. The molecular formula is C27H24NO3P. The van der Waals surface area contributed by atoms with E-state index in [1.165, 1.54) is 0 Å². The van der Waals surface area contributed by atoms with Crippen LogP contribution in [0.15, 0.2) is 90.7 Å². The number of rotatable bonds is 3. The van der Waals surface area contributed by atoms with Crippen molar-refractivity contribution >= 4 is 40.2 Å². The lowest BCUT2D eigenvalue weighted by Crippen LogP contribution is -2.36. The topological polar surface area (TPSA) is 48.3 Å². The molecule has 0 N–H and O–H groups in total. The van der Waals surface area contributed by atoms with Crippen LogP contribution in [0.5, 0.6) is 0 Å². The summed E-state index contributed by atoms with van der Waals surface area (Å²) in [6.45, 7) is 3.73. The molecule has 5 rings (SSSR count). The van der Waals surface area contributed by atoms with Crippen LogP contribution in [0, 0.1) is 0 Å². The Morgan fingerprint density at radius 2 is 1.38 bits per heavy atom. The maximum Gasteiger partial charge on any atom is 0.356 e. The van der Waals surface area contributed by atoms with E-state index in [0.29, 0.717) is 5.69 Å². The SMILES string of the molecule is Cn1c2c(c3ccccc31)/C(=C/P(=O)(c1ccccc1)c1ccccc1)C(C)(C)OC2=O. The van der Waals surface area contributed by atoms with Crippen LogP contribution < -0.4 is 10.6 Å². The first-order chi connectivity index (χ1) is 15.3. The molecule has 160 valence electrons. The summed E-state index contributed by atoms with van der Waals surface area (Å²) in [5, 5.41) is 2.44. The van der Waals surface area contributed by atoms with Crippen molar-refractivity contribution in [3.05, 3.63) is 102 Å². The van der Waals surface area contributed by atoms with Gasteiger partial charge in [-0.05, 0) is 25.7 Å². The Labute approximate surface area is 187 Å². The molecule has 4 aromatic rings. The highest BCUT2D eigenvalue weighted by Crippen LogP contribution is 2.52. The average Bonchev–Trinajstić information content (AvgIpc) is 3.10. The zero-order valence-corrected chi connectivity index (χ0v) is 19.2. The summed E-state index contributed by atoms with van der Waals surface area (Å²) >= 11 is 0. The number of hydrogen-bond donors (Lipinski definition) is 0. The number of ether oxygens (including phenoxy) is 1. The van der Waals surface area contributed by atoms with Gasteiger partial charge in [0, 0.05) is 39.7 Å². The summed E-state index contributed by atoms with van der Waals surface area (Å²) in [4.78, 5) is 13.0. The zero-order valence-electron chi connectivity index (χ0n) is 18.3. The highest BCUT2D eigenvalue weighted by molar-refractivity contribution is 7.81. The van der Waals surface area contributed by atoms with E-state index in [0.717, 1.165) is 32.6 Å². The molecule has 1 aromatic heterocycles. The minimum absolute atomic E-state index is 0.366. The fourth-order valence-corrected chi connectivity index (χ4v) is 7.17. The number of aromatic nitrogens is 1. The maximum absolute atomic E-state index is 14.8. The lowest BCUT2D eigenvalue weighted by Gasteiger charge is -2.34. The first-order valence-corrected chi connectivity index (χ1v) is 12.4. The predicted molar refractivity (Wildman–Crippen MR) is 130 cm³/mol. The second-order valence-electron chi connectivity index (χ2n) is 8.57. The highest BCUT2D eigenvalue weighted by atomic mass is 31.2. The smallest absolute Gasteiger partial charge is 0.356 e. The minimum Gasteiger partial charge on any atom is -0.450 e. The van der Waals surface area contributed by atoms with E-state index in [1.54, 1.807) is 0 Å². The summed E-state index contributed by atoms with van der Waals surface area (Å²) in [6.07, 6.45) is 0. The summed E-state index contributed by atoms with van der Waals surface area (Å²) in [5.41, 5.74) is 2.06. The van der Waals surface area contributed by atoms with Gasteiger partial charge in [-0.3, -0.25) is 0 Å². The van der Waals surface area contributed by atoms with Gasteiger partial charge in [-0.2, -0.15) is 0 Å². The summed E-state index contributed by atoms with van der Waals surface area (Å²) in [5.74, 6) is 1.49. The fraction of sp³-hybridized carbons (Fsp3) is 0.148. The molecule has 4 nitrogen and oxygen atoms in total. The quantitative estimate of drug-likeness (QED) is 0.312. The van der Waals surface area contributed by atoms with Crippen LogP contribution in [0.1, 0.15) is 29.9 Å². The molecular weight excluding hydrogens is 417 g/mol. The van der Waals surface area contributed by atoms with E-state index in [9.17, 15) is 9.36 Å². The van der Waals surface area contributed by atoms with Gasteiger partial charge >= 0.3 is 5.97 Å². The monoisotopic (exact) mass is 441 g/mol. The third kappa shape index (κ3) is 3.06. The zero-order chi connectivity index (χ0) is 22.5. The Bertz CT molecular complexity index is 1370. The predicted octanol–water partition coefficient (Wildman–Crippen LogP) is 5.48. The molecule has 3 aromatic carbocycles. The Morgan fingerprint density at radius 1 is 0.844 bits per heavy atom. The second kappa shape index (κ2) is 7.36. The number of esters is 1. The van der Waals surface area contributed by atoms with Crippen molar-refractivity contribution in [2.45, 2.75) is 19.4 Å². The summed E-state index contributed by atoms with van der Waals surface area (Å²) < 4.78 is 22.5. The van der Waals surface area contributed by atoms with Crippen LogP contribution in [0.2, 0.25) is 0 Å². The number of benzene rings is 3. The van der Waals surface area contributed by atoms with Crippen LogP contribution in [-0.2, 0) is 16.3 Å². The van der Waals surface area contributed by atoms with Crippen LogP contribution in [0.3, 0.4) is 0 Å². The lowest BCUT2D eigenvalue weighted by atomic mass is 9.88. The van der Waals surface area contributed by atoms with Crippen LogP contribution >= 0.6 is 7.14 Å². The van der Waals surface area contributed by atoms with E-state index in [2.05, 4.69) is 0 Å². The third-order valence-electron chi connectivity index (χ3n) is 6.16. The third-order valence-corrected chi connectivity index (χ3v) is 8.91. The van der Waals surface area contributed by atoms with E-state index in [1.807, 2.05) is 116 Å². The molecule has 32 heavy (non-hydrogen) atoms. The molecule has 0 radical (unpaired) electrons. The number of para-hydroxylation sites is 1. The number of fused-ring (bicyclic) bond motifs is 3. The Hall–Kier alpha value is -3.36. The van der Waals surface area contributed by atoms with E-state index < -0.39 is 12.7 Å². The molecule has 0 unspecified atom stereocenters. The van der Waals surface area contributed by atoms with Crippen molar-refractivity contribution in [2.75, 3.05) is 0 Å². The number of hydrogen-bond acceptors (Lipinski definition) is 3. The van der Waals surface area contributed by atoms with Gasteiger partial charge in [-0.25, -0.2) is 4.79 Å². The van der Waals surface area contributed by atoms with Gasteiger partial charge in [-0.15, -0.1) is 0 Å². The fourth-order valence-electron chi connectivity index (χ4n) is 4.54. The lowest BCUT2D eigenvalue weighted by molar-refractivity contribution is 0.0167. The number of carbonyl (C=O) groups is 1. The molecule has 0 aliphatic carbocycles. The number of nitrogens with zero attached hydrogens (tertiary/aromatic N) is 1. The first kappa shape index (κ1) is 20.5. The average molecular weight is 441 g/mol. The van der Waals surface area contributed by atoms with Crippen LogP contribution in [0.25, 0.3) is 16.5 Å². The second-order valence-corrected chi connectivity index (χ2v) is 11.2. The molecule has 0 spiro atoms. The largest absolute Gasteiger partial charge is 0.450 e. The molecule has 0 saturated heterocycles. The summed E-state index contributed by atoms with van der Waals surface area (Å²) in [7, 11) is -1.31. The van der Waals surface area contributed by atoms with Gasteiger partial charge in [-0.1, -0.05) is 78.9 Å². The van der Waals surface area contributed by atoms with Gasteiger partial charge in [0.25, 0.3) is 0 Å². The molecule has 0 bridgehead atoms. The van der Waals surface area contributed by atoms with E-state index >= 15 is 0 Å². The molecule has 0 amide bonds. The standard InChI is InChI=1S/C27H24NO3P/c1-27(2)22(24-21-16-10-11-17-23(21)28(3)25(24)26(29)31-27)18-32(30,19-12-6-4-7-13-19)20-14-8-5-9-15-20/h4-18H,1-3H3/b22-18-. The van der Waals surface area contributed by atoms with Gasteiger partial charge in [0.05, 0.1) is 0 Å². The number of cyclic esters (lactones) is 1. The highest BCUT2D eigenvalue weighted by Gasteiger charge is 2.42. The Balaban J connectivity index is 1.88. The Kier molecular flexibility index (Phi) is 4.72. The van der Waals surface area contributed by atoms with Crippen molar-refractivity contribution in [2.24, 2.45) is 7.05 Å². The minimum atomic E-state index is -3.18. The normalized spacial score (nSPS) is 16.7. The van der Waals surface area contributed by atoms with Gasteiger partial charge in [0.1, 0.15) is 11.3 Å². The maximum atomic E-state index is 14.8. The number of aryl methyl sites for hydroxylation is 1. The molecule has 1 aliphatic rings. The van der Waals surface area contributed by atoms with Crippen LogP contribution in [0.4, 0.5) is 0 Å². The molecule has 0 atom stereocenters. The first-order valence-electron chi connectivity index (χ1n) is 10.6. The molecule has 2 heterocycles. The van der Waals surface area contributed by atoms with E-state index in [-0.39, 0.29) is 5.97 Å². The van der Waals surface area contributed by atoms with Crippen molar-refractivity contribution in [3.63, 3.8) is 0 Å². The summed E-state index contributed by atoms with van der Waals surface area (Å²) in [6, 6.07) is 26.9.